The standard InChI is InChI=1S/C27H31N3O6S/c1-29-14-12-27(13-15-29)22(26(33)36-16-17-8-5-4-6-9-17)30-24(32)21(25(30)37-27)28-23(31)20-18(34-2)10-7-11-19(20)35-3/h4-11,21-22,25H,12-16H2,1-3H3,(H,28,31)/t21?,22?,25-/m1/s1. The van der Waals surface area contributed by atoms with Gasteiger partial charge in [0.25, 0.3) is 5.91 Å². The SMILES string of the molecule is COc1cccc(OC)c1C(=O)NC1C(=O)N2C(C(=O)OCc3ccccc3)C3(CCN(C)CC3)S[C@H]12. The van der Waals surface area contributed by atoms with E-state index in [2.05, 4.69) is 17.3 Å². The molecule has 2 unspecified atom stereocenters. The normalized spacial score (nSPS) is 24.2. The molecule has 10 heteroatoms. The summed E-state index contributed by atoms with van der Waals surface area (Å²) in [6.45, 7) is 1.79. The van der Waals surface area contributed by atoms with Crippen molar-refractivity contribution in [1.29, 1.82) is 0 Å². The Morgan fingerprint density at radius 3 is 2.30 bits per heavy atom. The third-order valence-corrected chi connectivity index (χ3v) is 9.28. The number of hydrogen-bond acceptors (Lipinski definition) is 8. The monoisotopic (exact) mass is 525 g/mol. The van der Waals surface area contributed by atoms with Crippen LogP contribution < -0.4 is 14.8 Å². The summed E-state index contributed by atoms with van der Waals surface area (Å²) in [6, 6.07) is 13.1. The Morgan fingerprint density at radius 2 is 1.68 bits per heavy atom. The number of fused-ring (bicyclic) bond motifs is 1. The average molecular weight is 526 g/mol. The van der Waals surface area contributed by atoms with Gasteiger partial charge in [-0.2, -0.15) is 0 Å². The fourth-order valence-electron chi connectivity index (χ4n) is 5.39. The number of rotatable bonds is 7. The lowest BCUT2D eigenvalue weighted by Gasteiger charge is -2.44. The molecule has 37 heavy (non-hydrogen) atoms. The number of carbonyl (C=O) groups is 3. The summed E-state index contributed by atoms with van der Waals surface area (Å²) < 4.78 is 16.0. The molecule has 3 atom stereocenters. The van der Waals surface area contributed by atoms with Crippen molar-refractivity contribution < 1.29 is 28.6 Å². The van der Waals surface area contributed by atoms with Crippen molar-refractivity contribution in [3.05, 3.63) is 59.7 Å². The fourth-order valence-corrected chi connectivity index (χ4v) is 7.29. The van der Waals surface area contributed by atoms with Crippen molar-refractivity contribution in [1.82, 2.24) is 15.1 Å². The zero-order valence-corrected chi connectivity index (χ0v) is 22.0. The number of methoxy groups -OCH3 is 2. The number of likely N-dealkylation sites (tertiary alicyclic amines) is 1. The number of piperidine rings is 1. The first-order valence-corrected chi connectivity index (χ1v) is 13.2. The third kappa shape index (κ3) is 4.53. The van der Waals surface area contributed by atoms with Crippen molar-refractivity contribution >= 4 is 29.5 Å². The van der Waals surface area contributed by atoms with Crippen LogP contribution in [0.5, 0.6) is 11.5 Å². The number of nitrogens with one attached hydrogen (secondary N) is 1. The lowest BCUT2D eigenvalue weighted by Crippen LogP contribution is -2.71. The Hall–Kier alpha value is -3.24. The van der Waals surface area contributed by atoms with E-state index in [1.807, 2.05) is 30.3 Å². The van der Waals surface area contributed by atoms with Gasteiger partial charge < -0.3 is 29.3 Å². The second-order valence-corrected chi connectivity index (χ2v) is 11.1. The van der Waals surface area contributed by atoms with Gasteiger partial charge in [-0.15, -0.1) is 11.8 Å². The van der Waals surface area contributed by atoms with Crippen molar-refractivity contribution in [2.24, 2.45) is 0 Å². The van der Waals surface area contributed by atoms with Crippen LogP contribution in [-0.2, 0) is 20.9 Å². The zero-order chi connectivity index (χ0) is 26.2. The lowest BCUT2D eigenvalue weighted by atomic mass is 9.85. The number of amides is 2. The number of esters is 1. The average Bonchev–Trinajstić information content (AvgIpc) is 3.22. The van der Waals surface area contributed by atoms with Gasteiger partial charge in [0.1, 0.15) is 41.1 Å². The summed E-state index contributed by atoms with van der Waals surface area (Å²) in [5.74, 6) is -0.423. The Morgan fingerprint density at radius 1 is 1.03 bits per heavy atom. The van der Waals surface area contributed by atoms with Gasteiger partial charge in [0.05, 0.1) is 19.0 Å². The summed E-state index contributed by atoms with van der Waals surface area (Å²) in [4.78, 5) is 44.0. The molecule has 2 amide bonds. The topological polar surface area (TPSA) is 97.4 Å². The molecular weight excluding hydrogens is 494 g/mol. The van der Waals surface area contributed by atoms with Crippen molar-refractivity contribution in [3.8, 4) is 11.5 Å². The molecule has 0 aliphatic carbocycles. The van der Waals surface area contributed by atoms with E-state index in [0.29, 0.717) is 11.5 Å². The van der Waals surface area contributed by atoms with Gasteiger partial charge in [-0.25, -0.2) is 4.79 Å². The van der Waals surface area contributed by atoms with Crippen LogP contribution in [0.25, 0.3) is 0 Å². The van der Waals surface area contributed by atoms with E-state index >= 15 is 0 Å². The number of benzene rings is 2. The van der Waals surface area contributed by atoms with Crippen molar-refractivity contribution in [2.45, 2.75) is 41.7 Å². The van der Waals surface area contributed by atoms with Gasteiger partial charge >= 0.3 is 5.97 Å². The Balaban J connectivity index is 1.36. The molecule has 1 N–H and O–H groups in total. The second-order valence-electron chi connectivity index (χ2n) is 9.61. The molecule has 2 aromatic rings. The summed E-state index contributed by atoms with van der Waals surface area (Å²) >= 11 is 1.61. The molecule has 3 aliphatic rings. The summed E-state index contributed by atoms with van der Waals surface area (Å²) in [7, 11) is 5.01. The molecule has 3 fully saturated rings. The van der Waals surface area contributed by atoms with Gasteiger partial charge in [0.15, 0.2) is 0 Å². The number of thioether (sulfide) groups is 1. The summed E-state index contributed by atoms with van der Waals surface area (Å²) in [5, 5.41) is 2.53. The molecular formula is C27H31N3O6S. The van der Waals surface area contributed by atoms with Crippen molar-refractivity contribution in [3.63, 3.8) is 0 Å². The number of carbonyl (C=O) groups excluding carboxylic acids is 3. The maximum Gasteiger partial charge on any atom is 0.330 e. The van der Waals surface area contributed by atoms with E-state index in [1.165, 1.54) is 14.2 Å². The highest BCUT2D eigenvalue weighted by Gasteiger charge is 2.67. The Kier molecular flexibility index (Phi) is 7.04. The molecule has 1 spiro atoms. The minimum atomic E-state index is -0.754. The lowest BCUT2D eigenvalue weighted by molar-refractivity contribution is -0.165. The maximum absolute atomic E-state index is 13.5. The van der Waals surface area contributed by atoms with Gasteiger partial charge in [0, 0.05) is 0 Å². The molecule has 0 radical (unpaired) electrons. The molecule has 196 valence electrons. The summed E-state index contributed by atoms with van der Waals surface area (Å²) in [6.07, 6.45) is 1.50. The number of ether oxygens (including phenoxy) is 3. The number of nitrogens with zero attached hydrogens (tertiary/aromatic N) is 2. The largest absolute Gasteiger partial charge is 0.496 e. The molecule has 0 aromatic heterocycles. The third-order valence-electron chi connectivity index (χ3n) is 7.43. The van der Waals surface area contributed by atoms with Gasteiger partial charge in [0.2, 0.25) is 5.91 Å². The van der Waals surface area contributed by atoms with Crippen LogP contribution in [0.1, 0.15) is 28.8 Å². The number of hydrogen-bond donors (Lipinski definition) is 1. The van der Waals surface area contributed by atoms with E-state index in [0.717, 1.165) is 31.5 Å². The van der Waals surface area contributed by atoms with Crippen LogP contribution in [0.15, 0.2) is 48.5 Å². The van der Waals surface area contributed by atoms with Crippen LogP contribution in [0.3, 0.4) is 0 Å². The van der Waals surface area contributed by atoms with Crippen molar-refractivity contribution in [2.75, 3.05) is 34.4 Å². The predicted molar refractivity (Wildman–Crippen MR) is 139 cm³/mol. The molecule has 3 saturated heterocycles. The van der Waals surface area contributed by atoms with Gasteiger partial charge in [-0.05, 0) is 50.7 Å². The maximum atomic E-state index is 13.5. The first kappa shape index (κ1) is 25.4. The molecule has 2 aromatic carbocycles. The minimum Gasteiger partial charge on any atom is -0.496 e. The van der Waals surface area contributed by atoms with Gasteiger partial charge in [-0.1, -0.05) is 36.4 Å². The molecule has 5 rings (SSSR count). The van der Waals surface area contributed by atoms with E-state index < -0.39 is 28.7 Å². The Bertz CT molecular complexity index is 1160. The van der Waals surface area contributed by atoms with Crippen LogP contribution >= 0.6 is 11.8 Å². The van der Waals surface area contributed by atoms with E-state index in [4.69, 9.17) is 14.2 Å². The summed E-state index contributed by atoms with van der Waals surface area (Å²) in [5.41, 5.74) is 1.12. The molecule has 3 heterocycles. The van der Waals surface area contributed by atoms with E-state index in [1.54, 1.807) is 34.9 Å². The van der Waals surface area contributed by atoms with Crippen LogP contribution in [0.2, 0.25) is 0 Å². The quantitative estimate of drug-likeness (QED) is 0.435. The van der Waals surface area contributed by atoms with Gasteiger partial charge in [-0.3, -0.25) is 9.59 Å². The Labute approximate surface area is 220 Å². The first-order chi connectivity index (χ1) is 17.9. The molecule has 0 bridgehead atoms. The molecule has 3 aliphatic heterocycles. The number of β-lactam (4-membered cyclic amide) rings is 1. The van der Waals surface area contributed by atoms with E-state index in [9.17, 15) is 14.4 Å². The smallest absolute Gasteiger partial charge is 0.330 e. The fraction of sp³-hybridized carbons (Fsp3) is 0.444. The highest BCUT2D eigenvalue weighted by atomic mass is 32.2. The molecule has 0 saturated carbocycles. The minimum absolute atomic E-state index is 0.150. The predicted octanol–water partition coefficient (Wildman–Crippen LogP) is 2.29. The zero-order valence-electron chi connectivity index (χ0n) is 21.1. The highest BCUT2D eigenvalue weighted by molar-refractivity contribution is 8.01. The molecule has 9 nitrogen and oxygen atoms in total. The first-order valence-electron chi connectivity index (χ1n) is 12.3. The van der Waals surface area contributed by atoms with Crippen LogP contribution in [0.4, 0.5) is 0 Å². The van der Waals surface area contributed by atoms with E-state index in [-0.39, 0.29) is 23.5 Å². The highest BCUT2D eigenvalue weighted by Crippen LogP contribution is 2.55. The van der Waals surface area contributed by atoms with Crippen LogP contribution in [-0.4, -0.2) is 84.1 Å². The van der Waals surface area contributed by atoms with Crippen LogP contribution in [0, 0.1) is 0 Å². The second kappa shape index (κ2) is 10.3.